The van der Waals surface area contributed by atoms with Crippen molar-refractivity contribution in [1.82, 2.24) is 19.4 Å². The van der Waals surface area contributed by atoms with Gasteiger partial charge >= 0.3 is 0 Å². The molecule has 0 saturated heterocycles. The van der Waals surface area contributed by atoms with Crippen molar-refractivity contribution >= 4 is 11.0 Å². The summed E-state index contributed by atoms with van der Waals surface area (Å²) in [4.78, 5) is 25.0. The summed E-state index contributed by atoms with van der Waals surface area (Å²) in [5.41, 5.74) is 11.7. The molecule has 0 saturated carbocycles. The van der Waals surface area contributed by atoms with Crippen LogP contribution >= 0.6 is 0 Å². The number of hydrogen-bond acceptors (Lipinski definition) is 6. The quantitative estimate of drug-likeness (QED) is 0.453. The van der Waals surface area contributed by atoms with Crippen LogP contribution in [-0.4, -0.2) is 44.2 Å². The highest BCUT2D eigenvalue weighted by atomic mass is 16.3. The summed E-state index contributed by atoms with van der Waals surface area (Å²) in [5, 5.41) is 10.4. The van der Waals surface area contributed by atoms with E-state index in [4.69, 9.17) is 5.73 Å². The second-order valence-corrected chi connectivity index (χ2v) is 8.32. The number of phenolic OH excluding ortho intramolecular Hbond substituents is 1. The monoisotopic (exact) mass is 443 g/mol. The predicted molar refractivity (Wildman–Crippen MR) is 132 cm³/mol. The minimum absolute atomic E-state index is 0.0851. The van der Waals surface area contributed by atoms with E-state index in [2.05, 4.69) is 53.8 Å². The number of phenols is 1. The van der Waals surface area contributed by atoms with Crippen LogP contribution in [0.25, 0.3) is 27.8 Å². The van der Waals surface area contributed by atoms with E-state index in [0.717, 1.165) is 34.4 Å². The SMILES string of the molecule is CCN(CCN)Cc1c(-c2cc(C)cc(C)c2)cnc2ncn(-c3cccc(O)c3)c(=O)c12. The van der Waals surface area contributed by atoms with Crippen molar-refractivity contribution in [2.75, 3.05) is 19.6 Å². The number of nitrogens with two attached hydrogens (primary N) is 1. The number of benzene rings is 2. The largest absolute Gasteiger partial charge is 0.508 e. The number of rotatable bonds is 7. The number of fused-ring (bicyclic) bond motifs is 1. The minimum Gasteiger partial charge on any atom is -0.508 e. The molecule has 2 aromatic heterocycles. The van der Waals surface area contributed by atoms with Crippen molar-refractivity contribution in [1.29, 1.82) is 0 Å². The van der Waals surface area contributed by atoms with Gasteiger partial charge in [-0.05, 0) is 43.7 Å². The molecule has 0 aliphatic heterocycles. The topological polar surface area (TPSA) is 97.3 Å². The second kappa shape index (κ2) is 9.52. The van der Waals surface area contributed by atoms with E-state index in [1.54, 1.807) is 24.3 Å². The molecule has 170 valence electrons. The predicted octanol–water partition coefficient (Wildman–Crippen LogP) is 3.55. The number of hydrogen-bond donors (Lipinski definition) is 2. The standard InChI is InChI=1S/C26H29N5O2/c1-4-30(9-8-27)15-23-22(19-11-17(2)10-18(3)12-19)14-28-25-24(23)26(33)31(16-29-25)20-6-5-7-21(32)13-20/h5-7,10-14,16,32H,4,8-9,15,27H2,1-3H3. The van der Waals surface area contributed by atoms with Crippen molar-refractivity contribution in [3.63, 3.8) is 0 Å². The van der Waals surface area contributed by atoms with Crippen molar-refractivity contribution in [3.05, 3.63) is 82.0 Å². The van der Waals surface area contributed by atoms with Crippen LogP contribution in [-0.2, 0) is 6.54 Å². The van der Waals surface area contributed by atoms with Crippen LogP contribution in [0.4, 0.5) is 0 Å². The van der Waals surface area contributed by atoms with E-state index in [-0.39, 0.29) is 11.3 Å². The molecule has 0 radical (unpaired) electrons. The highest BCUT2D eigenvalue weighted by Crippen LogP contribution is 2.30. The summed E-state index contributed by atoms with van der Waals surface area (Å²) >= 11 is 0. The van der Waals surface area contributed by atoms with Crippen LogP contribution in [0.3, 0.4) is 0 Å². The molecule has 0 unspecified atom stereocenters. The van der Waals surface area contributed by atoms with Crippen molar-refractivity contribution in [3.8, 4) is 22.6 Å². The Morgan fingerprint density at radius 3 is 2.52 bits per heavy atom. The number of pyridine rings is 1. The maximum absolute atomic E-state index is 13.8. The summed E-state index contributed by atoms with van der Waals surface area (Å²) in [5.74, 6) is 0.0851. The van der Waals surface area contributed by atoms with E-state index in [9.17, 15) is 9.90 Å². The average Bonchev–Trinajstić information content (AvgIpc) is 2.78. The molecule has 2 aromatic carbocycles. The lowest BCUT2D eigenvalue weighted by molar-refractivity contribution is 0.289. The van der Waals surface area contributed by atoms with Crippen LogP contribution in [0.5, 0.6) is 5.75 Å². The van der Waals surface area contributed by atoms with Crippen LogP contribution < -0.4 is 11.3 Å². The molecule has 0 spiro atoms. The van der Waals surface area contributed by atoms with Gasteiger partial charge in [0.25, 0.3) is 5.56 Å². The third-order valence-corrected chi connectivity index (χ3v) is 5.81. The van der Waals surface area contributed by atoms with Gasteiger partial charge in [0.05, 0.1) is 11.1 Å². The molecule has 2 heterocycles. The maximum Gasteiger partial charge on any atom is 0.267 e. The molecule has 0 fully saturated rings. The molecular formula is C26H29N5O2. The fraction of sp³-hybridized carbons (Fsp3) is 0.269. The first-order valence-corrected chi connectivity index (χ1v) is 11.1. The van der Waals surface area contributed by atoms with Gasteiger partial charge in [-0.1, -0.05) is 42.3 Å². The number of aromatic hydroxyl groups is 1. The molecule has 4 aromatic rings. The van der Waals surface area contributed by atoms with Gasteiger partial charge in [0, 0.05) is 37.5 Å². The minimum atomic E-state index is -0.219. The molecule has 0 atom stereocenters. The summed E-state index contributed by atoms with van der Waals surface area (Å²) in [6, 6.07) is 12.9. The lowest BCUT2D eigenvalue weighted by atomic mass is 9.96. The van der Waals surface area contributed by atoms with Crippen molar-refractivity contribution < 1.29 is 5.11 Å². The molecule has 7 heteroatoms. The zero-order valence-electron chi connectivity index (χ0n) is 19.2. The summed E-state index contributed by atoms with van der Waals surface area (Å²) in [6.07, 6.45) is 3.28. The molecule has 0 bridgehead atoms. The Labute approximate surface area is 193 Å². The lowest BCUT2D eigenvalue weighted by Gasteiger charge is -2.22. The van der Waals surface area contributed by atoms with Gasteiger partial charge in [-0.3, -0.25) is 14.3 Å². The van der Waals surface area contributed by atoms with E-state index in [0.29, 0.717) is 36.4 Å². The van der Waals surface area contributed by atoms with E-state index in [1.807, 2.05) is 6.20 Å². The first-order chi connectivity index (χ1) is 15.9. The number of nitrogens with zero attached hydrogens (tertiary/aromatic N) is 4. The van der Waals surface area contributed by atoms with Crippen LogP contribution in [0.2, 0.25) is 0 Å². The fourth-order valence-electron chi connectivity index (χ4n) is 4.27. The first kappa shape index (κ1) is 22.6. The Balaban J connectivity index is 2.02. The third kappa shape index (κ3) is 4.65. The first-order valence-electron chi connectivity index (χ1n) is 11.1. The van der Waals surface area contributed by atoms with Crippen LogP contribution in [0.1, 0.15) is 23.6 Å². The van der Waals surface area contributed by atoms with Gasteiger partial charge in [-0.2, -0.15) is 0 Å². The summed E-state index contributed by atoms with van der Waals surface area (Å²) in [6.45, 7) is 8.81. The zero-order valence-corrected chi connectivity index (χ0v) is 19.2. The van der Waals surface area contributed by atoms with Crippen LogP contribution in [0.15, 0.2) is 59.8 Å². The van der Waals surface area contributed by atoms with Gasteiger partial charge in [0.1, 0.15) is 12.1 Å². The van der Waals surface area contributed by atoms with E-state index >= 15 is 0 Å². The number of aryl methyl sites for hydroxylation is 2. The molecule has 4 rings (SSSR count). The third-order valence-electron chi connectivity index (χ3n) is 5.81. The van der Waals surface area contributed by atoms with Crippen molar-refractivity contribution in [2.45, 2.75) is 27.3 Å². The number of aromatic nitrogens is 3. The summed E-state index contributed by atoms with van der Waals surface area (Å²) < 4.78 is 1.46. The number of likely N-dealkylation sites (N-methyl/N-ethyl adjacent to an activating group) is 1. The smallest absolute Gasteiger partial charge is 0.267 e. The van der Waals surface area contributed by atoms with E-state index < -0.39 is 0 Å². The lowest BCUT2D eigenvalue weighted by Crippen LogP contribution is -2.30. The molecule has 0 aliphatic carbocycles. The van der Waals surface area contributed by atoms with Crippen molar-refractivity contribution in [2.24, 2.45) is 5.73 Å². The highest BCUT2D eigenvalue weighted by Gasteiger charge is 2.19. The van der Waals surface area contributed by atoms with Gasteiger partial charge in [0.2, 0.25) is 0 Å². The zero-order chi connectivity index (χ0) is 23.5. The molecule has 0 aliphatic rings. The molecule has 33 heavy (non-hydrogen) atoms. The normalized spacial score (nSPS) is 11.4. The Kier molecular flexibility index (Phi) is 6.53. The molecule has 0 amide bonds. The van der Waals surface area contributed by atoms with Gasteiger partial charge in [-0.25, -0.2) is 9.97 Å². The fourth-order valence-corrected chi connectivity index (χ4v) is 4.27. The Hall–Kier alpha value is -3.55. The molecule has 7 nitrogen and oxygen atoms in total. The maximum atomic E-state index is 13.8. The Bertz CT molecular complexity index is 1340. The average molecular weight is 444 g/mol. The molecule has 3 N–H and O–H groups in total. The molecular weight excluding hydrogens is 414 g/mol. The van der Waals surface area contributed by atoms with Gasteiger partial charge in [0.15, 0.2) is 5.65 Å². The Morgan fingerprint density at radius 1 is 1.09 bits per heavy atom. The Morgan fingerprint density at radius 2 is 1.85 bits per heavy atom. The van der Waals surface area contributed by atoms with Crippen LogP contribution in [0, 0.1) is 13.8 Å². The van der Waals surface area contributed by atoms with E-state index in [1.165, 1.54) is 10.9 Å². The summed E-state index contributed by atoms with van der Waals surface area (Å²) in [7, 11) is 0. The highest BCUT2D eigenvalue weighted by molar-refractivity contribution is 5.86. The van der Waals surface area contributed by atoms with Gasteiger partial charge < -0.3 is 10.8 Å². The second-order valence-electron chi connectivity index (χ2n) is 8.32. The van der Waals surface area contributed by atoms with Gasteiger partial charge in [-0.15, -0.1) is 0 Å².